The Bertz CT molecular complexity index is 187. The summed E-state index contributed by atoms with van der Waals surface area (Å²) in [7, 11) is 0. The molecule has 2 unspecified atom stereocenters. The molecule has 0 amide bonds. The second kappa shape index (κ2) is 3.82. The third kappa shape index (κ3) is 3.58. The molecule has 1 aliphatic heterocycles. The molecule has 2 atom stereocenters. The highest BCUT2D eigenvalue weighted by Gasteiger charge is 2.34. The molecule has 0 radical (unpaired) electrons. The van der Waals surface area contributed by atoms with Crippen LogP contribution in [0.2, 0.25) is 0 Å². The second-order valence-corrected chi connectivity index (χ2v) is 6.68. The van der Waals surface area contributed by atoms with Gasteiger partial charge in [-0.25, -0.2) is 0 Å². The Labute approximate surface area is 88.4 Å². The summed E-state index contributed by atoms with van der Waals surface area (Å²) in [5.74, 6) is 0. The summed E-state index contributed by atoms with van der Waals surface area (Å²) in [5.41, 5.74) is 0.561. The van der Waals surface area contributed by atoms with Gasteiger partial charge in [-0.05, 0) is 11.8 Å². The van der Waals surface area contributed by atoms with Crippen LogP contribution in [0, 0.1) is 10.8 Å². The Kier molecular flexibility index (Phi) is 3.27. The molecule has 0 aliphatic carbocycles. The topological polar surface area (TPSA) is 21.3 Å². The Balaban J connectivity index is 2.42. The maximum absolute atomic E-state index is 5.99. The van der Waals surface area contributed by atoms with E-state index in [1.54, 1.807) is 0 Å². The van der Waals surface area contributed by atoms with Crippen LogP contribution in [0.1, 0.15) is 48.0 Å². The predicted octanol–water partition coefficient (Wildman–Crippen LogP) is 2.78. The van der Waals surface area contributed by atoms with E-state index < -0.39 is 0 Å². The van der Waals surface area contributed by atoms with Crippen LogP contribution < -0.4 is 5.32 Å². The smallest absolute Gasteiger partial charge is 0.113 e. The van der Waals surface area contributed by atoms with Gasteiger partial charge in [0.1, 0.15) is 6.23 Å². The average molecular weight is 199 g/mol. The van der Waals surface area contributed by atoms with E-state index in [1.165, 1.54) is 0 Å². The molecule has 0 saturated carbocycles. The third-order valence-electron chi connectivity index (χ3n) is 2.49. The molecule has 0 aromatic carbocycles. The zero-order valence-corrected chi connectivity index (χ0v) is 10.5. The number of hydrogen-bond donors (Lipinski definition) is 1. The quantitative estimate of drug-likeness (QED) is 0.701. The van der Waals surface area contributed by atoms with E-state index in [2.05, 4.69) is 46.9 Å². The van der Waals surface area contributed by atoms with Crippen LogP contribution >= 0.6 is 0 Å². The molecule has 84 valence electrons. The van der Waals surface area contributed by atoms with Crippen molar-refractivity contribution in [2.75, 3.05) is 6.54 Å². The molecule has 0 bridgehead atoms. The molecule has 2 heteroatoms. The van der Waals surface area contributed by atoms with E-state index in [1.807, 2.05) is 0 Å². The standard InChI is InChI=1S/C12H25NO/c1-11(2,3)7-9-8-13-10(14-9)12(4,5)6/h9-10,13H,7-8H2,1-6H3. The molecule has 1 rings (SSSR count). The fourth-order valence-electron chi connectivity index (χ4n) is 1.84. The number of ether oxygens (including phenoxy) is 1. The molecule has 14 heavy (non-hydrogen) atoms. The minimum atomic E-state index is 0.201. The Morgan fingerprint density at radius 2 is 1.71 bits per heavy atom. The van der Waals surface area contributed by atoms with Crippen molar-refractivity contribution >= 4 is 0 Å². The summed E-state index contributed by atoms with van der Waals surface area (Å²) in [4.78, 5) is 0. The third-order valence-corrected chi connectivity index (χ3v) is 2.49. The average Bonchev–Trinajstić information content (AvgIpc) is 2.29. The van der Waals surface area contributed by atoms with E-state index in [0.29, 0.717) is 11.5 Å². The zero-order valence-electron chi connectivity index (χ0n) is 10.5. The fraction of sp³-hybridized carbons (Fsp3) is 1.00. The van der Waals surface area contributed by atoms with Crippen molar-refractivity contribution in [1.82, 2.24) is 5.32 Å². The second-order valence-electron chi connectivity index (χ2n) is 6.68. The lowest BCUT2D eigenvalue weighted by Crippen LogP contribution is -2.36. The predicted molar refractivity (Wildman–Crippen MR) is 60.2 cm³/mol. The van der Waals surface area contributed by atoms with Crippen molar-refractivity contribution in [1.29, 1.82) is 0 Å². The van der Waals surface area contributed by atoms with Crippen LogP contribution in [0.4, 0.5) is 0 Å². The van der Waals surface area contributed by atoms with Crippen molar-refractivity contribution in [3.63, 3.8) is 0 Å². The van der Waals surface area contributed by atoms with Crippen LogP contribution in [0.5, 0.6) is 0 Å². The minimum absolute atomic E-state index is 0.201. The molecule has 2 nitrogen and oxygen atoms in total. The van der Waals surface area contributed by atoms with Crippen molar-refractivity contribution < 1.29 is 4.74 Å². The largest absolute Gasteiger partial charge is 0.358 e. The molecule has 1 saturated heterocycles. The van der Waals surface area contributed by atoms with E-state index >= 15 is 0 Å². The Morgan fingerprint density at radius 3 is 2.07 bits per heavy atom. The van der Waals surface area contributed by atoms with Crippen LogP contribution in [0.15, 0.2) is 0 Å². The summed E-state index contributed by atoms with van der Waals surface area (Å²) in [6.45, 7) is 14.4. The molecular formula is C12H25NO. The van der Waals surface area contributed by atoms with Crippen molar-refractivity contribution in [2.24, 2.45) is 10.8 Å². The molecular weight excluding hydrogens is 174 g/mol. The van der Waals surface area contributed by atoms with Crippen LogP contribution in [-0.2, 0) is 4.74 Å². The Hall–Kier alpha value is -0.0800. The summed E-state index contributed by atoms with van der Waals surface area (Å²) >= 11 is 0. The lowest BCUT2D eigenvalue weighted by atomic mass is 9.89. The maximum Gasteiger partial charge on any atom is 0.113 e. The Morgan fingerprint density at radius 1 is 1.14 bits per heavy atom. The first-order chi connectivity index (χ1) is 6.18. The molecule has 1 heterocycles. The van der Waals surface area contributed by atoms with Gasteiger partial charge in [0.05, 0.1) is 6.10 Å². The summed E-state index contributed by atoms with van der Waals surface area (Å²) in [6, 6.07) is 0. The van der Waals surface area contributed by atoms with Crippen molar-refractivity contribution in [3.8, 4) is 0 Å². The van der Waals surface area contributed by atoms with Crippen LogP contribution in [0.25, 0.3) is 0 Å². The number of nitrogens with one attached hydrogen (secondary N) is 1. The monoisotopic (exact) mass is 199 g/mol. The molecule has 1 aliphatic rings. The van der Waals surface area contributed by atoms with E-state index in [0.717, 1.165) is 13.0 Å². The number of hydrogen-bond acceptors (Lipinski definition) is 2. The van der Waals surface area contributed by atoms with Gasteiger partial charge in [0.25, 0.3) is 0 Å². The summed E-state index contributed by atoms with van der Waals surface area (Å²) in [5, 5.41) is 3.45. The van der Waals surface area contributed by atoms with Crippen LogP contribution in [0.3, 0.4) is 0 Å². The molecule has 1 N–H and O–H groups in total. The molecule has 1 fully saturated rings. The minimum Gasteiger partial charge on any atom is -0.358 e. The number of rotatable bonds is 1. The lowest BCUT2D eigenvalue weighted by Gasteiger charge is -2.28. The van der Waals surface area contributed by atoms with Gasteiger partial charge in [-0.1, -0.05) is 41.5 Å². The van der Waals surface area contributed by atoms with Gasteiger partial charge in [0.2, 0.25) is 0 Å². The van der Waals surface area contributed by atoms with Crippen LogP contribution in [-0.4, -0.2) is 18.9 Å². The molecule has 0 aromatic rings. The van der Waals surface area contributed by atoms with Gasteiger partial charge < -0.3 is 4.74 Å². The summed E-state index contributed by atoms with van der Waals surface area (Å²) in [6.07, 6.45) is 1.74. The van der Waals surface area contributed by atoms with Crippen molar-refractivity contribution in [2.45, 2.75) is 60.3 Å². The fourth-order valence-corrected chi connectivity index (χ4v) is 1.84. The highest BCUT2D eigenvalue weighted by molar-refractivity contribution is 4.83. The first kappa shape index (κ1) is 12.0. The van der Waals surface area contributed by atoms with Gasteiger partial charge in [0.15, 0.2) is 0 Å². The first-order valence-corrected chi connectivity index (χ1v) is 5.57. The highest BCUT2D eigenvalue weighted by Crippen LogP contribution is 2.29. The van der Waals surface area contributed by atoms with Gasteiger partial charge in [0, 0.05) is 12.0 Å². The van der Waals surface area contributed by atoms with Crippen molar-refractivity contribution in [3.05, 3.63) is 0 Å². The van der Waals surface area contributed by atoms with E-state index in [4.69, 9.17) is 4.74 Å². The maximum atomic E-state index is 5.99. The zero-order chi connectivity index (χ0) is 11.0. The first-order valence-electron chi connectivity index (χ1n) is 5.57. The molecule has 0 aromatic heterocycles. The van der Waals surface area contributed by atoms with E-state index in [9.17, 15) is 0 Å². The van der Waals surface area contributed by atoms with Gasteiger partial charge in [-0.15, -0.1) is 0 Å². The summed E-state index contributed by atoms with van der Waals surface area (Å²) < 4.78 is 5.99. The van der Waals surface area contributed by atoms with E-state index in [-0.39, 0.29) is 11.6 Å². The lowest BCUT2D eigenvalue weighted by molar-refractivity contribution is -0.0344. The SMILES string of the molecule is CC(C)(C)CC1CNC(C(C)(C)C)O1. The highest BCUT2D eigenvalue weighted by atomic mass is 16.5. The van der Waals surface area contributed by atoms with Gasteiger partial charge in [-0.2, -0.15) is 0 Å². The van der Waals surface area contributed by atoms with Gasteiger partial charge in [-0.3, -0.25) is 5.32 Å². The normalized spacial score (nSPS) is 29.6. The molecule has 0 spiro atoms. The van der Waals surface area contributed by atoms with Gasteiger partial charge >= 0.3 is 0 Å².